The van der Waals surface area contributed by atoms with Gasteiger partial charge in [0.2, 0.25) is 0 Å². The third kappa shape index (κ3) is 2.18. The van der Waals surface area contributed by atoms with E-state index in [1.807, 2.05) is 0 Å². The Labute approximate surface area is 118 Å². The SMILES string of the molecule is C=C1CCC2CC([C@]3(C)CC[C@@H](O)CC3)CC[C@]12C. The first-order valence-corrected chi connectivity index (χ1v) is 8.30. The number of allylic oxidation sites excluding steroid dienone is 1. The first-order chi connectivity index (χ1) is 8.94. The maximum Gasteiger partial charge on any atom is 0.0540 e. The summed E-state index contributed by atoms with van der Waals surface area (Å²) in [6, 6.07) is 0. The second-order valence-corrected chi connectivity index (χ2v) is 8.11. The van der Waals surface area contributed by atoms with Crippen molar-refractivity contribution in [2.75, 3.05) is 0 Å². The highest BCUT2D eigenvalue weighted by Crippen LogP contribution is 2.60. The summed E-state index contributed by atoms with van der Waals surface area (Å²) < 4.78 is 0. The molecule has 2 unspecified atom stereocenters. The lowest BCUT2D eigenvalue weighted by molar-refractivity contribution is -0.00371. The van der Waals surface area contributed by atoms with Gasteiger partial charge in [0.1, 0.15) is 0 Å². The van der Waals surface area contributed by atoms with E-state index in [1.54, 1.807) is 0 Å². The van der Waals surface area contributed by atoms with E-state index in [0.717, 1.165) is 24.7 Å². The molecule has 0 aromatic rings. The van der Waals surface area contributed by atoms with Crippen LogP contribution in [0.25, 0.3) is 0 Å². The second-order valence-electron chi connectivity index (χ2n) is 8.11. The normalized spacial score (nSPS) is 51.1. The molecule has 1 N–H and O–H groups in total. The molecule has 0 radical (unpaired) electrons. The Morgan fingerprint density at radius 1 is 1.00 bits per heavy atom. The average molecular weight is 262 g/mol. The Morgan fingerprint density at radius 3 is 2.37 bits per heavy atom. The third-order valence-electron chi connectivity index (χ3n) is 7.17. The lowest BCUT2D eigenvalue weighted by Crippen LogP contribution is -2.40. The molecule has 3 fully saturated rings. The van der Waals surface area contributed by atoms with E-state index in [0.29, 0.717) is 10.8 Å². The summed E-state index contributed by atoms with van der Waals surface area (Å²) in [4.78, 5) is 0. The number of aliphatic hydroxyl groups excluding tert-OH is 1. The Bertz CT molecular complexity index is 364. The highest BCUT2D eigenvalue weighted by atomic mass is 16.3. The monoisotopic (exact) mass is 262 g/mol. The minimum atomic E-state index is -0.0202. The maximum atomic E-state index is 9.75. The van der Waals surface area contributed by atoms with Crippen molar-refractivity contribution in [2.45, 2.75) is 77.7 Å². The van der Waals surface area contributed by atoms with Crippen LogP contribution in [-0.2, 0) is 0 Å². The largest absolute Gasteiger partial charge is 0.393 e. The fourth-order valence-corrected chi connectivity index (χ4v) is 5.24. The van der Waals surface area contributed by atoms with Crippen molar-refractivity contribution >= 4 is 0 Å². The van der Waals surface area contributed by atoms with Crippen molar-refractivity contribution in [2.24, 2.45) is 22.7 Å². The van der Waals surface area contributed by atoms with Gasteiger partial charge in [-0.25, -0.2) is 0 Å². The van der Waals surface area contributed by atoms with Crippen molar-refractivity contribution < 1.29 is 5.11 Å². The van der Waals surface area contributed by atoms with Crippen LogP contribution >= 0.6 is 0 Å². The van der Waals surface area contributed by atoms with Crippen LogP contribution < -0.4 is 0 Å². The number of fused-ring (bicyclic) bond motifs is 1. The Kier molecular flexibility index (Phi) is 3.32. The molecular weight excluding hydrogens is 232 g/mol. The smallest absolute Gasteiger partial charge is 0.0540 e. The van der Waals surface area contributed by atoms with Gasteiger partial charge in [0, 0.05) is 0 Å². The Hall–Kier alpha value is -0.300. The molecule has 0 aromatic heterocycles. The van der Waals surface area contributed by atoms with E-state index in [-0.39, 0.29) is 6.10 Å². The highest BCUT2D eigenvalue weighted by Gasteiger charge is 2.49. The van der Waals surface area contributed by atoms with Crippen LogP contribution in [0.5, 0.6) is 0 Å². The van der Waals surface area contributed by atoms with Crippen molar-refractivity contribution in [3.8, 4) is 0 Å². The van der Waals surface area contributed by atoms with Gasteiger partial charge < -0.3 is 5.11 Å². The summed E-state index contributed by atoms with van der Waals surface area (Å²) in [5.41, 5.74) is 2.49. The molecule has 0 aromatic carbocycles. The van der Waals surface area contributed by atoms with Gasteiger partial charge in [-0.15, -0.1) is 0 Å². The topological polar surface area (TPSA) is 20.2 Å². The molecular formula is C18H30O. The molecule has 0 heterocycles. The summed E-state index contributed by atoms with van der Waals surface area (Å²) >= 11 is 0. The minimum Gasteiger partial charge on any atom is -0.393 e. The van der Waals surface area contributed by atoms with Crippen molar-refractivity contribution in [3.05, 3.63) is 12.2 Å². The number of rotatable bonds is 1. The third-order valence-corrected chi connectivity index (χ3v) is 7.17. The van der Waals surface area contributed by atoms with Crippen LogP contribution in [0.3, 0.4) is 0 Å². The summed E-state index contributed by atoms with van der Waals surface area (Å²) in [6.07, 6.45) is 11.3. The van der Waals surface area contributed by atoms with Gasteiger partial charge in [0.15, 0.2) is 0 Å². The second kappa shape index (κ2) is 4.62. The Morgan fingerprint density at radius 2 is 1.68 bits per heavy atom. The van der Waals surface area contributed by atoms with Crippen LogP contribution in [0.1, 0.15) is 71.6 Å². The zero-order valence-electron chi connectivity index (χ0n) is 12.8. The van der Waals surface area contributed by atoms with E-state index in [2.05, 4.69) is 20.4 Å². The Balaban J connectivity index is 1.70. The standard InChI is InChI=1S/C18H30O/c1-13-4-5-15-12-14(6-11-18(13,15)3)17(2)9-7-16(19)8-10-17/h14-16,19H,1,4-12H2,2-3H3/t14?,15?,16-,17-,18-/m1/s1. The summed E-state index contributed by atoms with van der Waals surface area (Å²) in [7, 11) is 0. The van der Waals surface area contributed by atoms with Crippen LogP contribution in [-0.4, -0.2) is 11.2 Å². The van der Waals surface area contributed by atoms with Crippen molar-refractivity contribution in [3.63, 3.8) is 0 Å². The molecule has 0 aliphatic heterocycles. The summed E-state index contributed by atoms with van der Waals surface area (Å²) in [5.74, 6) is 1.78. The quantitative estimate of drug-likeness (QED) is 0.679. The van der Waals surface area contributed by atoms with E-state index in [1.165, 1.54) is 50.5 Å². The molecule has 0 spiro atoms. The molecule has 19 heavy (non-hydrogen) atoms. The molecule has 3 saturated carbocycles. The molecule has 3 atom stereocenters. The van der Waals surface area contributed by atoms with Crippen molar-refractivity contribution in [1.82, 2.24) is 0 Å². The van der Waals surface area contributed by atoms with Crippen LogP contribution in [0.4, 0.5) is 0 Å². The van der Waals surface area contributed by atoms with Gasteiger partial charge >= 0.3 is 0 Å². The van der Waals surface area contributed by atoms with E-state index in [4.69, 9.17) is 0 Å². The molecule has 3 aliphatic rings. The zero-order valence-corrected chi connectivity index (χ0v) is 12.8. The van der Waals surface area contributed by atoms with Gasteiger partial charge in [0.05, 0.1) is 6.10 Å². The van der Waals surface area contributed by atoms with Gasteiger partial charge in [0.25, 0.3) is 0 Å². The maximum absolute atomic E-state index is 9.75. The molecule has 1 nitrogen and oxygen atoms in total. The molecule has 0 bridgehead atoms. The molecule has 0 amide bonds. The van der Waals surface area contributed by atoms with Gasteiger partial charge in [-0.05, 0) is 80.5 Å². The first-order valence-electron chi connectivity index (χ1n) is 8.30. The molecule has 1 heteroatoms. The van der Waals surface area contributed by atoms with Gasteiger partial charge in [-0.2, -0.15) is 0 Å². The van der Waals surface area contributed by atoms with E-state index >= 15 is 0 Å². The van der Waals surface area contributed by atoms with Crippen LogP contribution in [0.2, 0.25) is 0 Å². The van der Waals surface area contributed by atoms with Crippen LogP contribution in [0.15, 0.2) is 12.2 Å². The predicted octanol–water partition coefficient (Wildman–Crippen LogP) is 4.70. The van der Waals surface area contributed by atoms with E-state index in [9.17, 15) is 5.11 Å². The summed E-state index contributed by atoms with van der Waals surface area (Å²) in [5, 5.41) is 9.75. The van der Waals surface area contributed by atoms with Gasteiger partial charge in [-0.1, -0.05) is 26.0 Å². The highest BCUT2D eigenvalue weighted by molar-refractivity contribution is 5.18. The fraction of sp³-hybridized carbons (Fsp3) is 0.889. The minimum absolute atomic E-state index is 0.0202. The molecule has 3 aliphatic carbocycles. The van der Waals surface area contributed by atoms with E-state index < -0.39 is 0 Å². The van der Waals surface area contributed by atoms with Gasteiger partial charge in [-0.3, -0.25) is 0 Å². The lowest BCUT2D eigenvalue weighted by atomic mass is 9.56. The molecule has 0 saturated heterocycles. The number of aliphatic hydroxyl groups is 1. The number of hydrogen-bond acceptors (Lipinski definition) is 1. The zero-order chi connectivity index (χ0) is 13.7. The average Bonchev–Trinajstić information content (AvgIpc) is 2.69. The van der Waals surface area contributed by atoms with Crippen molar-refractivity contribution in [1.29, 1.82) is 0 Å². The summed E-state index contributed by atoms with van der Waals surface area (Å²) in [6.45, 7) is 9.31. The molecule has 108 valence electrons. The lowest BCUT2D eigenvalue weighted by Gasteiger charge is -2.49. The predicted molar refractivity (Wildman–Crippen MR) is 79.9 cm³/mol. The fourth-order valence-electron chi connectivity index (χ4n) is 5.24. The first kappa shape index (κ1) is 13.7. The molecule has 3 rings (SSSR count). The van der Waals surface area contributed by atoms with Crippen LogP contribution in [0, 0.1) is 22.7 Å². The number of hydrogen-bond donors (Lipinski definition) is 1.